The Labute approximate surface area is 85.5 Å². The molecule has 2 nitrogen and oxygen atoms in total. The number of hydrogen-bond donors (Lipinski definition) is 0. The minimum absolute atomic E-state index is 0.851. The van der Waals surface area contributed by atoms with Crippen LogP contribution >= 0.6 is 0 Å². The van der Waals surface area contributed by atoms with E-state index in [1.807, 2.05) is 12.1 Å². The summed E-state index contributed by atoms with van der Waals surface area (Å²) >= 11 is 0. The van der Waals surface area contributed by atoms with Gasteiger partial charge in [0.05, 0.1) is 0 Å². The van der Waals surface area contributed by atoms with Gasteiger partial charge in [0.2, 0.25) is 6.41 Å². The molecule has 0 aliphatic heterocycles. The van der Waals surface area contributed by atoms with Crippen LogP contribution < -0.4 is 4.90 Å². The zero-order chi connectivity index (χ0) is 10.6. The molecule has 0 saturated heterocycles. The second-order valence-electron chi connectivity index (χ2n) is 3.60. The Balaban J connectivity index is 3.07. The number of amides is 1. The Morgan fingerprint density at radius 3 is 2.71 bits per heavy atom. The van der Waals surface area contributed by atoms with Crippen molar-refractivity contribution in [1.29, 1.82) is 0 Å². The van der Waals surface area contributed by atoms with Crippen molar-refractivity contribution in [2.24, 2.45) is 0 Å². The van der Waals surface area contributed by atoms with Crippen LogP contribution in [0.1, 0.15) is 24.5 Å². The molecule has 14 heavy (non-hydrogen) atoms. The summed E-state index contributed by atoms with van der Waals surface area (Å²) in [6.07, 6.45) is 2.97. The van der Waals surface area contributed by atoms with Gasteiger partial charge < -0.3 is 4.90 Å². The highest BCUT2D eigenvalue weighted by molar-refractivity contribution is 5.76. The Bertz CT molecular complexity index is 320. The van der Waals surface area contributed by atoms with Gasteiger partial charge in [-0.2, -0.15) is 0 Å². The largest absolute Gasteiger partial charge is 0.318 e. The lowest BCUT2D eigenvalue weighted by atomic mass is 10.0. The molecule has 1 rings (SSSR count). The van der Waals surface area contributed by atoms with Crippen LogP contribution in [0.2, 0.25) is 0 Å². The molecule has 0 spiro atoms. The molecule has 0 aliphatic rings. The van der Waals surface area contributed by atoms with E-state index in [-0.39, 0.29) is 0 Å². The molecule has 0 aliphatic carbocycles. The Morgan fingerprint density at radius 2 is 2.14 bits per heavy atom. The average Bonchev–Trinajstić information content (AvgIpc) is 2.17. The van der Waals surface area contributed by atoms with Crippen LogP contribution in [0.3, 0.4) is 0 Å². The summed E-state index contributed by atoms with van der Waals surface area (Å²) < 4.78 is 0. The number of aryl methyl sites for hydroxylation is 2. The van der Waals surface area contributed by atoms with E-state index in [1.54, 1.807) is 11.9 Å². The Kier molecular flexibility index (Phi) is 3.69. The summed E-state index contributed by atoms with van der Waals surface area (Å²) in [5, 5.41) is 0. The third kappa shape index (κ3) is 2.34. The van der Waals surface area contributed by atoms with E-state index >= 15 is 0 Å². The lowest BCUT2D eigenvalue weighted by molar-refractivity contribution is -0.107. The molecule has 0 bridgehead atoms. The molecular formula is C12H17NO. The van der Waals surface area contributed by atoms with Crippen LogP contribution in [-0.2, 0) is 11.2 Å². The molecule has 1 aromatic carbocycles. The molecule has 0 atom stereocenters. The lowest BCUT2D eigenvalue weighted by Crippen LogP contribution is -2.15. The maximum Gasteiger partial charge on any atom is 0.213 e. The molecule has 0 fully saturated rings. The topological polar surface area (TPSA) is 20.3 Å². The normalized spacial score (nSPS) is 9.93. The molecule has 76 valence electrons. The highest BCUT2D eigenvalue weighted by Gasteiger charge is 2.05. The van der Waals surface area contributed by atoms with Gasteiger partial charge in [-0.25, -0.2) is 0 Å². The van der Waals surface area contributed by atoms with Crippen LogP contribution in [0.25, 0.3) is 0 Å². The number of rotatable bonds is 4. The smallest absolute Gasteiger partial charge is 0.213 e. The first-order chi connectivity index (χ1) is 6.69. The summed E-state index contributed by atoms with van der Waals surface area (Å²) in [4.78, 5) is 12.3. The second-order valence-corrected chi connectivity index (χ2v) is 3.60. The highest BCUT2D eigenvalue weighted by atomic mass is 16.1. The lowest BCUT2D eigenvalue weighted by Gasteiger charge is -2.16. The van der Waals surface area contributed by atoms with Crippen molar-refractivity contribution in [2.45, 2.75) is 26.7 Å². The van der Waals surface area contributed by atoms with Gasteiger partial charge in [0.25, 0.3) is 0 Å². The summed E-state index contributed by atoms with van der Waals surface area (Å²) in [7, 11) is 1.79. The predicted octanol–water partition coefficient (Wildman–Crippen LogP) is 2.54. The summed E-state index contributed by atoms with van der Waals surface area (Å²) in [6, 6.07) is 6.20. The minimum Gasteiger partial charge on any atom is -0.318 e. The molecule has 0 radical (unpaired) electrons. The standard InChI is InChI=1S/C12H17NO/c1-4-5-11-8-10(2)6-7-12(11)13(3)9-14/h6-9H,4-5H2,1-3H3. The highest BCUT2D eigenvalue weighted by Crippen LogP contribution is 2.21. The first kappa shape index (κ1) is 10.8. The van der Waals surface area contributed by atoms with Gasteiger partial charge in [0.15, 0.2) is 0 Å². The van der Waals surface area contributed by atoms with Crippen LogP contribution in [0.4, 0.5) is 5.69 Å². The minimum atomic E-state index is 0.851. The van der Waals surface area contributed by atoms with Crippen molar-refractivity contribution in [3.8, 4) is 0 Å². The Morgan fingerprint density at radius 1 is 1.43 bits per heavy atom. The van der Waals surface area contributed by atoms with Crippen molar-refractivity contribution in [3.05, 3.63) is 29.3 Å². The molecule has 0 aromatic heterocycles. The van der Waals surface area contributed by atoms with Gasteiger partial charge in [0, 0.05) is 12.7 Å². The first-order valence-electron chi connectivity index (χ1n) is 4.96. The van der Waals surface area contributed by atoms with Gasteiger partial charge in [0.1, 0.15) is 0 Å². The number of carbonyl (C=O) groups excluding carboxylic acids is 1. The molecule has 0 N–H and O–H groups in total. The van der Waals surface area contributed by atoms with Gasteiger partial charge in [-0.3, -0.25) is 4.79 Å². The number of nitrogens with zero attached hydrogens (tertiary/aromatic N) is 1. The first-order valence-corrected chi connectivity index (χ1v) is 4.96. The fourth-order valence-electron chi connectivity index (χ4n) is 1.58. The fraction of sp³-hybridized carbons (Fsp3) is 0.417. The summed E-state index contributed by atoms with van der Waals surface area (Å²) in [6.45, 7) is 4.22. The van der Waals surface area contributed by atoms with Crippen LogP contribution in [0, 0.1) is 6.92 Å². The van der Waals surface area contributed by atoms with Crippen molar-refractivity contribution in [2.75, 3.05) is 11.9 Å². The molecule has 1 aromatic rings. The van der Waals surface area contributed by atoms with Gasteiger partial charge in [-0.1, -0.05) is 31.0 Å². The molecule has 0 unspecified atom stereocenters. The number of hydrogen-bond acceptors (Lipinski definition) is 1. The molecule has 2 heteroatoms. The monoisotopic (exact) mass is 191 g/mol. The fourth-order valence-corrected chi connectivity index (χ4v) is 1.58. The van der Waals surface area contributed by atoms with Crippen molar-refractivity contribution in [1.82, 2.24) is 0 Å². The summed E-state index contributed by atoms with van der Waals surface area (Å²) in [5.74, 6) is 0. The van der Waals surface area contributed by atoms with Gasteiger partial charge in [-0.15, -0.1) is 0 Å². The maximum absolute atomic E-state index is 10.7. The van der Waals surface area contributed by atoms with E-state index < -0.39 is 0 Å². The molecule has 0 heterocycles. The number of benzene rings is 1. The predicted molar refractivity (Wildman–Crippen MR) is 59.6 cm³/mol. The molecule has 1 amide bonds. The third-order valence-electron chi connectivity index (χ3n) is 2.29. The van der Waals surface area contributed by atoms with E-state index in [0.29, 0.717) is 0 Å². The quantitative estimate of drug-likeness (QED) is 0.670. The van der Waals surface area contributed by atoms with Gasteiger partial charge in [-0.05, 0) is 25.0 Å². The van der Waals surface area contributed by atoms with Crippen molar-refractivity contribution in [3.63, 3.8) is 0 Å². The zero-order valence-corrected chi connectivity index (χ0v) is 9.08. The van der Waals surface area contributed by atoms with E-state index in [9.17, 15) is 4.79 Å². The van der Waals surface area contributed by atoms with E-state index in [2.05, 4.69) is 19.9 Å². The maximum atomic E-state index is 10.7. The van der Waals surface area contributed by atoms with E-state index in [0.717, 1.165) is 24.9 Å². The van der Waals surface area contributed by atoms with Crippen LogP contribution in [0.15, 0.2) is 18.2 Å². The van der Waals surface area contributed by atoms with Crippen molar-refractivity contribution >= 4 is 12.1 Å². The van der Waals surface area contributed by atoms with Crippen LogP contribution in [-0.4, -0.2) is 13.5 Å². The number of anilines is 1. The Hall–Kier alpha value is -1.31. The average molecular weight is 191 g/mol. The van der Waals surface area contributed by atoms with Crippen molar-refractivity contribution < 1.29 is 4.79 Å². The van der Waals surface area contributed by atoms with E-state index in [1.165, 1.54) is 11.1 Å². The number of carbonyl (C=O) groups is 1. The zero-order valence-electron chi connectivity index (χ0n) is 9.08. The van der Waals surface area contributed by atoms with E-state index in [4.69, 9.17) is 0 Å². The SMILES string of the molecule is CCCc1cc(C)ccc1N(C)C=O. The third-order valence-corrected chi connectivity index (χ3v) is 2.29. The summed E-state index contributed by atoms with van der Waals surface area (Å²) in [5.41, 5.74) is 3.52. The molecular weight excluding hydrogens is 174 g/mol. The van der Waals surface area contributed by atoms with Crippen LogP contribution in [0.5, 0.6) is 0 Å². The second kappa shape index (κ2) is 4.80. The molecule has 0 saturated carbocycles. The van der Waals surface area contributed by atoms with Gasteiger partial charge >= 0.3 is 0 Å².